The molecule has 3 N–H and O–H groups in total. The van der Waals surface area contributed by atoms with Gasteiger partial charge in [-0.3, -0.25) is 9.78 Å². The van der Waals surface area contributed by atoms with E-state index in [2.05, 4.69) is 25.3 Å². The second-order valence-corrected chi connectivity index (χ2v) is 6.37. The highest BCUT2D eigenvalue weighted by Gasteiger charge is 2.23. The molecule has 0 spiro atoms. The molecule has 21 heavy (non-hydrogen) atoms. The Labute approximate surface area is 124 Å². The summed E-state index contributed by atoms with van der Waals surface area (Å²) in [6.07, 6.45) is 1.62. The Morgan fingerprint density at radius 1 is 1.38 bits per heavy atom. The second-order valence-electron chi connectivity index (χ2n) is 4.68. The SMILES string of the molecule is CCNCc1c(S(=O)(=O)NCc2ccnn2C)n[nH]c1C. The molecule has 0 bridgehead atoms. The maximum absolute atomic E-state index is 12.4. The summed E-state index contributed by atoms with van der Waals surface area (Å²) >= 11 is 0. The fourth-order valence-electron chi connectivity index (χ4n) is 1.92. The zero-order valence-corrected chi connectivity index (χ0v) is 13.2. The van der Waals surface area contributed by atoms with Crippen molar-refractivity contribution >= 4 is 10.0 Å². The predicted octanol–water partition coefficient (Wildman–Crippen LogP) is 0.0396. The van der Waals surface area contributed by atoms with Crippen molar-refractivity contribution in [1.29, 1.82) is 0 Å². The van der Waals surface area contributed by atoms with Crippen LogP contribution in [0.4, 0.5) is 0 Å². The van der Waals surface area contributed by atoms with E-state index < -0.39 is 10.0 Å². The zero-order chi connectivity index (χ0) is 15.5. The summed E-state index contributed by atoms with van der Waals surface area (Å²) in [6, 6.07) is 1.76. The van der Waals surface area contributed by atoms with Crippen LogP contribution in [0.3, 0.4) is 0 Å². The van der Waals surface area contributed by atoms with Gasteiger partial charge >= 0.3 is 0 Å². The molecule has 9 heteroatoms. The van der Waals surface area contributed by atoms with Crippen LogP contribution in [-0.4, -0.2) is 34.9 Å². The van der Waals surface area contributed by atoms with Crippen LogP contribution in [0, 0.1) is 6.92 Å². The molecule has 0 saturated carbocycles. The van der Waals surface area contributed by atoms with E-state index in [0.29, 0.717) is 12.1 Å². The average Bonchev–Trinajstić information content (AvgIpc) is 3.01. The molecule has 0 aromatic carbocycles. The molecule has 0 radical (unpaired) electrons. The van der Waals surface area contributed by atoms with Gasteiger partial charge in [0.2, 0.25) is 0 Å². The van der Waals surface area contributed by atoms with Gasteiger partial charge in [-0.15, -0.1) is 0 Å². The number of hydrogen-bond donors (Lipinski definition) is 3. The Morgan fingerprint density at radius 3 is 2.76 bits per heavy atom. The van der Waals surface area contributed by atoms with Gasteiger partial charge in [-0.25, -0.2) is 13.1 Å². The summed E-state index contributed by atoms with van der Waals surface area (Å²) in [7, 11) is -1.90. The first-order chi connectivity index (χ1) is 9.95. The Kier molecular flexibility index (Phi) is 4.76. The summed E-state index contributed by atoms with van der Waals surface area (Å²) in [5, 5.41) is 13.8. The normalized spacial score (nSPS) is 12.0. The van der Waals surface area contributed by atoms with Gasteiger partial charge in [-0.05, 0) is 19.5 Å². The van der Waals surface area contributed by atoms with Crippen molar-refractivity contribution in [3.63, 3.8) is 0 Å². The van der Waals surface area contributed by atoms with E-state index in [1.165, 1.54) is 0 Å². The maximum atomic E-state index is 12.4. The number of aromatic nitrogens is 4. The number of nitrogens with zero attached hydrogens (tertiary/aromatic N) is 3. The van der Waals surface area contributed by atoms with E-state index in [1.807, 2.05) is 6.92 Å². The number of aromatic amines is 1. The minimum absolute atomic E-state index is 0.0446. The van der Waals surface area contributed by atoms with Gasteiger partial charge in [0, 0.05) is 31.0 Å². The quantitative estimate of drug-likeness (QED) is 0.669. The molecule has 2 heterocycles. The minimum Gasteiger partial charge on any atom is -0.313 e. The van der Waals surface area contributed by atoms with Crippen molar-refractivity contribution in [3.8, 4) is 0 Å². The lowest BCUT2D eigenvalue weighted by Crippen LogP contribution is -2.26. The van der Waals surface area contributed by atoms with E-state index >= 15 is 0 Å². The number of rotatable bonds is 7. The van der Waals surface area contributed by atoms with Gasteiger partial charge in [0.25, 0.3) is 10.0 Å². The van der Waals surface area contributed by atoms with E-state index in [4.69, 9.17) is 0 Å². The van der Waals surface area contributed by atoms with Gasteiger partial charge in [0.05, 0.1) is 12.2 Å². The molecule has 0 amide bonds. The van der Waals surface area contributed by atoms with Crippen molar-refractivity contribution in [2.75, 3.05) is 6.54 Å². The highest BCUT2D eigenvalue weighted by Crippen LogP contribution is 2.16. The standard InChI is InChI=1S/C12H20N6O2S/c1-4-13-8-11-9(2)16-17-12(11)21(19,20)15-7-10-5-6-14-18(10)3/h5-6,13,15H,4,7-8H2,1-3H3,(H,16,17). The zero-order valence-electron chi connectivity index (χ0n) is 12.3. The molecule has 2 aromatic rings. The van der Waals surface area contributed by atoms with Crippen molar-refractivity contribution < 1.29 is 8.42 Å². The first-order valence-electron chi connectivity index (χ1n) is 6.66. The number of aryl methyl sites for hydroxylation is 2. The lowest BCUT2D eigenvalue weighted by atomic mass is 10.2. The smallest absolute Gasteiger partial charge is 0.260 e. The molecule has 8 nitrogen and oxygen atoms in total. The van der Waals surface area contributed by atoms with Crippen LogP contribution in [0.2, 0.25) is 0 Å². The first kappa shape index (κ1) is 15.7. The summed E-state index contributed by atoms with van der Waals surface area (Å²) in [6.45, 7) is 5.16. The molecule has 0 atom stereocenters. The summed E-state index contributed by atoms with van der Waals surface area (Å²) in [4.78, 5) is 0. The Balaban J connectivity index is 2.18. The van der Waals surface area contributed by atoms with E-state index in [9.17, 15) is 8.42 Å². The molecule has 0 fully saturated rings. The fraction of sp³-hybridized carbons (Fsp3) is 0.500. The molecular formula is C12H20N6O2S. The molecule has 0 aliphatic rings. The van der Waals surface area contributed by atoms with Gasteiger partial charge in [-0.2, -0.15) is 10.2 Å². The summed E-state index contributed by atoms with van der Waals surface area (Å²) < 4.78 is 28.9. The number of H-pyrrole nitrogens is 1. The predicted molar refractivity (Wildman–Crippen MR) is 77.9 cm³/mol. The van der Waals surface area contributed by atoms with E-state index in [0.717, 1.165) is 17.9 Å². The average molecular weight is 312 g/mol. The van der Waals surface area contributed by atoms with Crippen LogP contribution in [0.5, 0.6) is 0 Å². The van der Waals surface area contributed by atoms with Crippen LogP contribution in [0.1, 0.15) is 23.9 Å². The first-order valence-corrected chi connectivity index (χ1v) is 8.15. The monoisotopic (exact) mass is 312 g/mol. The number of sulfonamides is 1. The van der Waals surface area contributed by atoms with Gasteiger partial charge in [0.1, 0.15) is 0 Å². The van der Waals surface area contributed by atoms with Crippen LogP contribution >= 0.6 is 0 Å². The summed E-state index contributed by atoms with van der Waals surface area (Å²) in [5.41, 5.74) is 2.19. The molecule has 2 rings (SSSR count). The molecule has 0 saturated heterocycles. The van der Waals surface area contributed by atoms with Crippen LogP contribution in [0.25, 0.3) is 0 Å². The minimum atomic E-state index is -3.67. The fourth-order valence-corrected chi connectivity index (χ4v) is 3.11. The van der Waals surface area contributed by atoms with Crippen LogP contribution in [-0.2, 0) is 30.2 Å². The highest BCUT2D eigenvalue weighted by atomic mass is 32.2. The highest BCUT2D eigenvalue weighted by molar-refractivity contribution is 7.89. The number of nitrogens with one attached hydrogen (secondary N) is 3. The van der Waals surface area contributed by atoms with Crippen molar-refractivity contribution in [2.45, 2.75) is 32.0 Å². The summed E-state index contributed by atoms with van der Waals surface area (Å²) in [5.74, 6) is 0. The maximum Gasteiger partial charge on any atom is 0.260 e. The Morgan fingerprint density at radius 2 is 2.14 bits per heavy atom. The third-order valence-electron chi connectivity index (χ3n) is 3.21. The van der Waals surface area contributed by atoms with Gasteiger partial charge < -0.3 is 5.32 Å². The van der Waals surface area contributed by atoms with E-state index in [-0.39, 0.29) is 11.6 Å². The Bertz CT molecular complexity index is 703. The Hall–Kier alpha value is -1.71. The molecule has 0 aliphatic heterocycles. The largest absolute Gasteiger partial charge is 0.313 e. The van der Waals surface area contributed by atoms with Crippen LogP contribution < -0.4 is 10.0 Å². The molecule has 116 valence electrons. The second kappa shape index (κ2) is 6.37. The third kappa shape index (κ3) is 3.49. The number of hydrogen-bond acceptors (Lipinski definition) is 5. The lowest BCUT2D eigenvalue weighted by molar-refractivity contribution is 0.570. The van der Waals surface area contributed by atoms with Crippen LogP contribution in [0.15, 0.2) is 17.3 Å². The topological polar surface area (TPSA) is 105 Å². The third-order valence-corrected chi connectivity index (χ3v) is 4.58. The van der Waals surface area contributed by atoms with E-state index in [1.54, 1.807) is 30.9 Å². The van der Waals surface area contributed by atoms with Crippen molar-refractivity contribution in [3.05, 3.63) is 29.2 Å². The molecule has 0 unspecified atom stereocenters. The van der Waals surface area contributed by atoms with Gasteiger partial charge in [-0.1, -0.05) is 6.92 Å². The van der Waals surface area contributed by atoms with Crippen molar-refractivity contribution in [2.24, 2.45) is 7.05 Å². The molecule has 2 aromatic heterocycles. The molecular weight excluding hydrogens is 292 g/mol. The van der Waals surface area contributed by atoms with Gasteiger partial charge in [0.15, 0.2) is 5.03 Å². The molecule has 0 aliphatic carbocycles. The van der Waals surface area contributed by atoms with Crippen molar-refractivity contribution in [1.82, 2.24) is 30.0 Å². The lowest BCUT2D eigenvalue weighted by Gasteiger charge is -2.08.